The van der Waals surface area contributed by atoms with Crippen molar-refractivity contribution in [2.75, 3.05) is 11.1 Å². The first-order valence-electron chi connectivity index (χ1n) is 6.07. The largest absolute Gasteiger partial charge is 0.418 e. The van der Waals surface area contributed by atoms with E-state index in [1.807, 2.05) is 0 Å². The number of benzene rings is 1. The highest BCUT2D eigenvalue weighted by Gasteiger charge is 2.34. The number of hydrogen-bond donors (Lipinski definition) is 2. The third kappa shape index (κ3) is 3.43. The third-order valence-corrected chi connectivity index (χ3v) is 2.77. The Morgan fingerprint density at radius 1 is 1.40 bits per heavy atom. The summed E-state index contributed by atoms with van der Waals surface area (Å²) in [7, 11) is 0. The van der Waals surface area contributed by atoms with Gasteiger partial charge in [0.2, 0.25) is 0 Å². The van der Waals surface area contributed by atoms with Crippen LogP contribution in [0.5, 0.6) is 0 Å². The van der Waals surface area contributed by atoms with Gasteiger partial charge in [-0.15, -0.1) is 0 Å². The smallest absolute Gasteiger partial charge is 0.399 e. The molecule has 1 unspecified atom stereocenters. The van der Waals surface area contributed by atoms with Crippen molar-refractivity contribution < 1.29 is 13.2 Å². The van der Waals surface area contributed by atoms with Crippen LogP contribution in [0.15, 0.2) is 36.7 Å². The molecule has 20 heavy (non-hydrogen) atoms. The standard InChI is InChI=1S/C13H15F3N4/c1-9(8-20-6-2-5-18-20)19-12-4-3-10(17)7-11(12)13(14,15)16/h2-7,9,19H,8,17H2,1H3. The molecule has 0 aliphatic rings. The van der Waals surface area contributed by atoms with Gasteiger partial charge in [0, 0.05) is 29.8 Å². The maximum atomic E-state index is 12.9. The maximum Gasteiger partial charge on any atom is 0.418 e. The Morgan fingerprint density at radius 3 is 2.75 bits per heavy atom. The second kappa shape index (κ2) is 5.44. The Morgan fingerprint density at radius 2 is 2.15 bits per heavy atom. The predicted molar refractivity (Wildman–Crippen MR) is 71.2 cm³/mol. The van der Waals surface area contributed by atoms with E-state index in [1.54, 1.807) is 30.1 Å². The number of hydrogen-bond acceptors (Lipinski definition) is 3. The number of rotatable bonds is 4. The molecule has 7 heteroatoms. The van der Waals surface area contributed by atoms with E-state index in [9.17, 15) is 13.2 Å². The van der Waals surface area contributed by atoms with Crippen LogP contribution in [-0.4, -0.2) is 15.8 Å². The summed E-state index contributed by atoms with van der Waals surface area (Å²) in [5, 5.41) is 6.86. The first kappa shape index (κ1) is 14.2. The van der Waals surface area contributed by atoms with Gasteiger partial charge in [-0.3, -0.25) is 4.68 Å². The molecular formula is C13H15F3N4. The summed E-state index contributed by atoms with van der Waals surface area (Å²) in [5.74, 6) is 0. The summed E-state index contributed by atoms with van der Waals surface area (Å²) in [6.45, 7) is 2.26. The fourth-order valence-electron chi connectivity index (χ4n) is 1.92. The third-order valence-electron chi connectivity index (χ3n) is 2.77. The molecule has 0 radical (unpaired) electrons. The van der Waals surface area contributed by atoms with Gasteiger partial charge in [-0.25, -0.2) is 0 Å². The van der Waals surface area contributed by atoms with Crippen molar-refractivity contribution in [2.45, 2.75) is 25.7 Å². The lowest BCUT2D eigenvalue weighted by Gasteiger charge is -2.19. The lowest BCUT2D eigenvalue weighted by atomic mass is 10.1. The Hall–Kier alpha value is -2.18. The molecule has 0 amide bonds. The lowest BCUT2D eigenvalue weighted by Crippen LogP contribution is -2.24. The van der Waals surface area contributed by atoms with Crippen LogP contribution in [0.4, 0.5) is 24.5 Å². The molecular weight excluding hydrogens is 269 g/mol. The summed E-state index contributed by atoms with van der Waals surface area (Å²) in [6.07, 6.45) is -1.06. The molecule has 108 valence electrons. The van der Waals surface area contributed by atoms with Gasteiger partial charge in [-0.1, -0.05) is 0 Å². The van der Waals surface area contributed by atoms with E-state index in [1.165, 1.54) is 12.1 Å². The van der Waals surface area contributed by atoms with Crippen molar-refractivity contribution in [2.24, 2.45) is 0 Å². The number of nitrogens with two attached hydrogens (primary N) is 1. The second-order valence-electron chi connectivity index (χ2n) is 4.58. The number of nitrogens with zero attached hydrogens (tertiary/aromatic N) is 2. The molecule has 0 aliphatic carbocycles. The molecule has 0 bridgehead atoms. The fraction of sp³-hybridized carbons (Fsp3) is 0.308. The summed E-state index contributed by atoms with van der Waals surface area (Å²) < 4.78 is 40.5. The van der Waals surface area contributed by atoms with E-state index in [0.29, 0.717) is 6.54 Å². The number of aromatic nitrogens is 2. The minimum Gasteiger partial charge on any atom is -0.399 e. The van der Waals surface area contributed by atoms with E-state index in [0.717, 1.165) is 6.07 Å². The van der Waals surface area contributed by atoms with Gasteiger partial charge >= 0.3 is 6.18 Å². The highest BCUT2D eigenvalue weighted by molar-refractivity contribution is 5.59. The van der Waals surface area contributed by atoms with Gasteiger partial charge in [-0.05, 0) is 31.2 Å². The van der Waals surface area contributed by atoms with Crippen molar-refractivity contribution in [3.8, 4) is 0 Å². The average Bonchev–Trinajstić information content (AvgIpc) is 2.82. The summed E-state index contributed by atoms with van der Waals surface area (Å²) >= 11 is 0. The summed E-state index contributed by atoms with van der Waals surface area (Å²) in [6, 6.07) is 5.27. The average molecular weight is 284 g/mol. The van der Waals surface area contributed by atoms with Crippen molar-refractivity contribution in [3.63, 3.8) is 0 Å². The lowest BCUT2D eigenvalue weighted by molar-refractivity contribution is -0.136. The molecule has 0 aliphatic heterocycles. The molecule has 0 fully saturated rings. The zero-order valence-electron chi connectivity index (χ0n) is 10.9. The Kier molecular flexibility index (Phi) is 3.87. The predicted octanol–water partition coefficient (Wildman–Crippen LogP) is 2.98. The monoisotopic (exact) mass is 284 g/mol. The number of alkyl halides is 3. The molecule has 1 aromatic carbocycles. The van der Waals surface area contributed by atoms with E-state index >= 15 is 0 Å². The van der Waals surface area contributed by atoms with Gasteiger partial charge in [-0.2, -0.15) is 18.3 Å². The van der Waals surface area contributed by atoms with Crippen molar-refractivity contribution >= 4 is 11.4 Å². The Balaban J connectivity index is 2.16. The molecule has 0 spiro atoms. The van der Waals surface area contributed by atoms with E-state index < -0.39 is 11.7 Å². The van der Waals surface area contributed by atoms with Crippen LogP contribution in [0.1, 0.15) is 12.5 Å². The Bertz CT molecular complexity index is 563. The van der Waals surface area contributed by atoms with Gasteiger partial charge in [0.25, 0.3) is 0 Å². The number of nitrogens with one attached hydrogen (secondary N) is 1. The van der Waals surface area contributed by atoms with Crippen LogP contribution < -0.4 is 11.1 Å². The minimum atomic E-state index is -4.44. The molecule has 2 rings (SSSR count). The molecule has 3 N–H and O–H groups in total. The van der Waals surface area contributed by atoms with E-state index in [2.05, 4.69) is 10.4 Å². The zero-order chi connectivity index (χ0) is 14.8. The maximum absolute atomic E-state index is 12.9. The van der Waals surface area contributed by atoms with Crippen LogP contribution in [0.3, 0.4) is 0 Å². The SMILES string of the molecule is CC(Cn1cccn1)Nc1ccc(N)cc1C(F)(F)F. The molecule has 2 aromatic rings. The van der Waals surface area contributed by atoms with Gasteiger partial charge in [0.15, 0.2) is 0 Å². The molecule has 1 aromatic heterocycles. The zero-order valence-corrected chi connectivity index (χ0v) is 10.9. The van der Waals surface area contributed by atoms with E-state index in [-0.39, 0.29) is 17.4 Å². The molecule has 1 heterocycles. The van der Waals surface area contributed by atoms with Crippen LogP contribution in [-0.2, 0) is 12.7 Å². The van der Waals surface area contributed by atoms with Crippen molar-refractivity contribution in [1.29, 1.82) is 0 Å². The summed E-state index contributed by atoms with van der Waals surface area (Å²) in [4.78, 5) is 0. The van der Waals surface area contributed by atoms with Gasteiger partial charge in [0.05, 0.1) is 12.1 Å². The van der Waals surface area contributed by atoms with Crippen LogP contribution in [0.25, 0.3) is 0 Å². The van der Waals surface area contributed by atoms with Crippen molar-refractivity contribution in [3.05, 3.63) is 42.2 Å². The normalized spacial score (nSPS) is 13.2. The number of anilines is 2. The fourth-order valence-corrected chi connectivity index (χ4v) is 1.92. The quantitative estimate of drug-likeness (QED) is 0.849. The van der Waals surface area contributed by atoms with Gasteiger partial charge in [0.1, 0.15) is 0 Å². The first-order valence-corrected chi connectivity index (χ1v) is 6.07. The first-order chi connectivity index (χ1) is 9.36. The number of nitrogen functional groups attached to an aromatic ring is 1. The van der Waals surface area contributed by atoms with Gasteiger partial charge < -0.3 is 11.1 Å². The van der Waals surface area contributed by atoms with Crippen LogP contribution in [0.2, 0.25) is 0 Å². The minimum absolute atomic E-state index is 0.0198. The Labute approximate surface area is 114 Å². The highest BCUT2D eigenvalue weighted by atomic mass is 19.4. The molecule has 0 saturated carbocycles. The molecule has 1 atom stereocenters. The topological polar surface area (TPSA) is 55.9 Å². The summed E-state index contributed by atoms with van der Waals surface area (Å²) in [5.41, 5.74) is 4.77. The highest BCUT2D eigenvalue weighted by Crippen LogP contribution is 2.36. The van der Waals surface area contributed by atoms with Crippen LogP contribution >= 0.6 is 0 Å². The molecule has 4 nitrogen and oxygen atoms in total. The van der Waals surface area contributed by atoms with Crippen LogP contribution in [0, 0.1) is 0 Å². The number of halogens is 3. The second-order valence-corrected chi connectivity index (χ2v) is 4.58. The van der Waals surface area contributed by atoms with Crippen molar-refractivity contribution in [1.82, 2.24) is 9.78 Å². The molecule has 0 saturated heterocycles. The van der Waals surface area contributed by atoms with E-state index in [4.69, 9.17) is 5.73 Å².